The lowest BCUT2D eigenvalue weighted by molar-refractivity contribution is -0.147. The van der Waals surface area contributed by atoms with Crippen molar-refractivity contribution < 1.29 is 23.9 Å². The zero-order valence-corrected chi connectivity index (χ0v) is 17.4. The summed E-state index contributed by atoms with van der Waals surface area (Å²) in [4.78, 5) is 36.3. The molecule has 32 heavy (non-hydrogen) atoms. The van der Waals surface area contributed by atoms with E-state index in [0.717, 1.165) is 16.7 Å². The molecule has 1 atom stereocenters. The Kier molecular flexibility index (Phi) is 7.97. The van der Waals surface area contributed by atoms with E-state index >= 15 is 0 Å². The first-order chi connectivity index (χ1) is 15.5. The molecular weight excluding hydrogens is 408 g/mol. The van der Waals surface area contributed by atoms with E-state index in [4.69, 9.17) is 15.2 Å². The Bertz CT molecular complexity index is 1040. The second-order valence-electron chi connectivity index (χ2n) is 7.12. The predicted molar refractivity (Wildman–Crippen MR) is 118 cm³/mol. The Balaban J connectivity index is 1.65. The van der Waals surface area contributed by atoms with Gasteiger partial charge >= 0.3 is 12.1 Å². The smallest absolute Gasteiger partial charge is 0.408 e. The number of ether oxygens (including phenoxy) is 2. The molecule has 2 amide bonds. The molecule has 0 saturated heterocycles. The first-order valence-corrected chi connectivity index (χ1v) is 10.1. The first-order valence-electron chi connectivity index (χ1n) is 10.1. The average molecular weight is 432 g/mol. The van der Waals surface area contributed by atoms with Gasteiger partial charge < -0.3 is 20.5 Å². The van der Waals surface area contributed by atoms with Crippen molar-refractivity contribution in [2.75, 3.05) is 0 Å². The second-order valence-corrected chi connectivity index (χ2v) is 7.12. The minimum atomic E-state index is -0.971. The summed E-state index contributed by atoms with van der Waals surface area (Å²) in [7, 11) is 0. The monoisotopic (exact) mass is 432 g/mol. The Morgan fingerprint density at radius 3 is 1.78 bits per heavy atom. The van der Waals surface area contributed by atoms with E-state index in [9.17, 15) is 14.4 Å². The van der Waals surface area contributed by atoms with E-state index in [1.54, 1.807) is 24.3 Å². The van der Waals surface area contributed by atoms with Gasteiger partial charge in [0.25, 0.3) is 0 Å². The van der Waals surface area contributed by atoms with Gasteiger partial charge in [-0.25, -0.2) is 9.59 Å². The van der Waals surface area contributed by atoms with Gasteiger partial charge in [-0.05, 0) is 28.8 Å². The van der Waals surface area contributed by atoms with E-state index in [2.05, 4.69) is 5.32 Å². The lowest BCUT2D eigenvalue weighted by Gasteiger charge is -2.18. The van der Waals surface area contributed by atoms with Crippen molar-refractivity contribution in [1.82, 2.24) is 5.32 Å². The third-order valence-electron chi connectivity index (χ3n) is 4.69. The van der Waals surface area contributed by atoms with Gasteiger partial charge in [0.15, 0.2) is 0 Å². The van der Waals surface area contributed by atoms with Crippen molar-refractivity contribution in [2.45, 2.75) is 25.7 Å². The number of nitrogens with one attached hydrogen (secondary N) is 1. The molecular formula is C25H24N2O5. The molecule has 0 bridgehead atoms. The summed E-state index contributed by atoms with van der Waals surface area (Å²) in [5.74, 6) is -1.14. The standard InChI is InChI=1S/C25H24N2O5/c26-23(28)21-13-11-18(12-14-21)15-22(24(29)31-16-19-7-3-1-4-8-19)27-25(30)32-17-20-9-5-2-6-10-20/h1-14,22H,15-17H2,(H2,26,28)(H,27,30)/t22-/m0/s1. The molecule has 7 nitrogen and oxygen atoms in total. The molecule has 7 heteroatoms. The van der Waals surface area contributed by atoms with E-state index in [1.165, 1.54) is 0 Å². The number of esters is 1. The molecule has 0 spiro atoms. The van der Waals surface area contributed by atoms with Crippen LogP contribution in [0.4, 0.5) is 4.79 Å². The van der Waals surface area contributed by atoms with Crippen LogP contribution < -0.4 is 11.1 Å². The zero-order valence-electron chi connectivity index (χ0n) is 17.4. The number of benzene rings is 3. The maximum atomic E-state index is 12.7. The van der Waals surface area contributed by atoms with E-state index in [0.29, 0.717) is 5.56 Å². The second kappa shape index (κ2) is 11.3. The number of rotatable bonds is 9. The van der Waals surface area contributed by atoms with Gasteiger partial charge in [0, 0.05) is 12.0 Å². The van der Waals surface area contributed by atoms with Gasteiger partial charge in [-0.1, -0.05) is 72.8 Å². The molecule has 0 radical (unpaired) electrons. The van der Waals surface area contributed by atoms with Gasteiger partial charge in [0.05, 0.1) is 0 Å². The van der Waals surface area contributed by atoms with Crippen LogP contribution in [0.1, 0.15) is 27.0 Å². The maximum absolute atomic E-state index is 12.7. The summed E-state index contributed by atoms with van der Waals surface area (Å²) in [5.41, 5.74) is 8.00. The molecule has 0 unspecified atom stereocenters. The number of primary amides is 1. The summed E-state index contributed by atoms with van der Waals surface area (Å²) >= 11 is 0. The predicted octanol–water partition coefficient (Wildman–Crippen LogP) is 3.37. The van der Waals surface area contributed by atoms with Crippen LogP contribution in [0.2, 0.25) is 0 Å². The Morgan fingerprint density at radius 1 is 0.719 bits per heavy atom. The molecule has 3 aromatic rings. The lowest BCUT2D eigenvalue weighted by Crippen LogP contribution is -2.43. The van der Waals surface area contributed by atoms with Crippen molar-refractivity contribution in [2.24, 2.45) is 5.73 Å². The van der Waals surface area contributed by atoms with E-state index in [1.807, 2.05) is 60.7 Å². The Hall–Kier alpha value is -4.13. The highest BCUT2D eigenvalue weighted by molar-refractivity contribution is 5.92. The van der Waals surface area contributed by atoms with Crippen molar-refractivity contribution in [3.05, 3.63) is 107 Å². The summed E-state index contributed by atoms with van der Waals surface area (Å²) in [5, 5.41) is 2.58. The topological polar surface area (TPSA) is 108 Å². The molecule has 3 rings (SSSR count). The number of hydrogen-bond donors (Lipinski definition) is 2. The lowest BCUT2D eigenvalue weighted by atomic mass is 10.0. The van der Waals surface area contributed by atoms with Crippen LogP contribution in [0.5, 0.6) is 0 Å². The molecule has 0 saturated carbocycles. The van der Waals surface area contributed by atoms with Crippen LogP contribution in [-0.4, -0.2) is 24.0 Å². The number of carbonyl (C=O) groups is 3. The van der Waals surface area contributed by atoms with Gasteiger partial charge in [0.1, 0.15) is 19.3 Å². The summed E-state index contributed by atoms with van der Waals surface area (Å²) in [6.07, 6.45) is -0.572. The normalized spacial score (nSPS) is 11.2. The molecule has 164 valence electrons. The fourth-order valence-corrected chi connectivity index (χ4v) is 2.97. The van der Waals surface area contributed by atoms with Gasteiger partial charge in [-0.2, -0.15) is 0 Å². The van der Waals surface area contributed by atoms with Crippen LogP contribution in [0.25, 0.3) is 0 Å². The van der Waals surface area contributed by atoms with E-state index < -0.39 is 24.0 Å². The number of amides is 2. The third kappa shape index (κ3) is 6.98. The van der Waals surface area contributed by atoms with Crippen LogP contribution in [0, 0.1) is 0 Å². The molecule has 3 N–H and O–H groups in total. The minimum Gasteiger partial charge on any atom is -0.459 e. The highest BCUT2D eigenvalue weighted by atomic mass is 16.6. The van der Waals surface area contributed by atoms with Crippen molar-refractivity contribution in [3.63, 3.8) is 0 Å². The molecule has 3 aromatic carbocycles. The highest BCUT2D eigenvalue weighted by Crippen LogP contribution is 2.10. The molecule has 0 fully saturated rings. The summed E-state index contributed by atoms with van der Waals surface area (Å²) in [6, 6.07) is 24.0. The minimum absolute atomic E-state index is 0.0752. The molecule has 0 aliphatic heterocycles. The summed E-state index contributed by atoms with van der Waals surface area (Å²) in [6.45, 7) is 0.156. The quantitative estimate of drug-likeness (QED) is 0.504. The zero-order chi connectivity index (χ0) is 22.8. The van der Waals surface area contributed by atoms with Crippen LogP contribution in [0.15, 0.2) is 84.9 Å². The number of hydrogen-bond acceptors (Lipinski definition) is 5. The first kappa shape index (κ1) is 22.6. The molecule has 0 aliphatic rings. The average Bonchev–Trinajstić information content (AvgIpc) is 2.82. The molecule has 0 heterocycles. The van der Waals surface area contributed by atoms with Gasteiger partial charge in [-0.15, -0.1) is 0 Å². The van der Waals surface area contributed by atoms with Crippen LogP contribution >= 0.6 is 0 Å². The SMILES string of the molecule is NC(=O)c1ccc(C[C@H](NC(=O)OCc2ccccc2)C(=O)OCc2ccccc2)cc1. The largest absolute Gasteiger partial charge is 0.459 e. The van der Waals surface area contributed by atoms with Crippen molar-refractivity contribution >= 4 is 18.0 Å². The number of carbonyl (C=O) groups excluding carboxylic acids is 3. The van der Waals surface area contributed by atoms with Crippen molar-refractivity contribution in [3.8, 4) is 0 Å². The molecule has 0 aromatic heterocycles. The van der Waals surface area contributed by atoms with E-state index in [-0.39, 0.29) is 19.6 Å². The van der Waals surface area contributed by atoms with Gasteiger partial charge in [-0.3, -0.25) is 4.79 Å². The van der Waals surface area contributed by atoms with Gasteiger partial charge in [0.2, 0.25) is 5.91 Å². The Morgan fingerprint density at radius 2 is 1.25 bits per heavy atom. The Labute approximate surface area is 186 Å². The van der Waals surface area contributed by atoms with Crippen molar-refractivity contribution in [1.29, 1.82) is 0 Å². The van der Waals surface area contributed by atoms with Crippen LogP contribution in [-0.2, 0) is 33.9 Å². The molecule has 0 aliphatic carbocycles. The maximum Gasteiger partial charge on any atom is 0.408 e. The third-order valence-corrected chi connectivity index (χ3v) is 4.69. The number of alkyl carbamates (subject to hydrolysis) is 1. The fourth-order valence-electron chi connectivity index (χ4n) is 2.97. The fraction of sp³-hybridized carbons (Fsp3) is 0.160. The summed E-state index contributed by atoms with van der Waals surface area (Å²) < 4.78 is 10.6. The highest BCUT2D eigenvalue weighted by Gasteiger charge is 2.24. The van der Waals surface area contributed by atoms with Crippen LogP contribution in [0.3, 0.4) is 0 Å². The number of nitrogens with two attached hydrogens (primary N) is 1.